The van der Waals surface area contributed by atoms with Gasteiger partial charge in [0, 0.05) is 63.5 Å². The Morgan fingerprint density at radius 2 is 1.37 bits per heavy atom. The highest BCUT2D eigenvalue weighted by molar-refractivity contribution is 5.54. The minimum atomic E-state index is 0.188. The Hall–Kier alpha value is -2.33. The van der Waals surface area contributed by atoms with E-state index in [1.165, 1.54) is 5.56 Å². The highest BCUT2D eigenvalue weighted by Crippen LogP contribution is 2.19. The molecule has 1 unspecified atom stereocenters. The maximum atomic E-state index is 5.91. The van der Waals surface area contributed by atoms with Gasteiger partial charge in [0.15, 0.2) is 0 Å². The van der Waals surface area contributed by atoms with E-state index in [0.29, 0.717) is 17.8 Å². The standard InChI is InChI=1S/C29H51N9/c1-7-35-15-16-36(8-2)19-20-38(10-4)26(22-37(9-3)18-17-35)21-24-11-13-25(14-12-24)31-29-33-27(23(5)6)32-28(30)34-29/h11-14,23,26H,7-10,15-22H2,1-6H3,(H3,30,31,32,33,34). The molecule has 0 saturated carbocycles. The summed E-state index contributed by atoms with van der Waals surface area (Å²) in [4.78, 5) is 23.6. The van der Waals surface area contributed by atoms with Gasteiger partial charge >= 0.3 is 0 Å². The second kappa shape index (κ2) is 15.3. The van der Waals surface area contributed by atoms with Crippen molar-refractivity contribution in [1.29, 1.82) is 0 Å². The van der Waals surface area contributed by atoms with Crippen LogP contribution in [0.15, 0.2) is 24.3 Å². The Labute approximate surface area is 230 Å². The summed E-state index contributed by atoms with van der Waals surface area (Å²) in [7, 11) is 0. The molecule has 1 aliphatic heterocycles. The zero-order valence-electron chi connectivity index (χ0n) is 24.7. The fourth-order valence-corrected chi connectivity index (χ4v) is 5.12. The number of likely N-dealkylation sites (N-methyl/N-ethyl adjacent to an activating group) is 4. The van der Waals surface area contributed by atoms with Gasteiger partial charge in [-0.3, -0.25) is 4.90 Å². The summed E-state index contributed by atoms with van der Waals surface area (Å²) >= 11 is 0. The van der Waals surface area contributed by atoms with E-state index in [1.807, 2.05) is 0 Å². The van der Waals surface area contributed by atoms with Gasteiger partial charge in [-0.1, -0.05) is 53.7 Å². The van der Waals surface area contributed by atoms with E-state index in [-0.39, 0.29) is 11.9 Å². The number of anilines is 3. The number of nitrogen functional groups attached to an aromatic ring is 1. The average Bonchev–Trinajstić information content (AvgIpc) is 2.91. The average molecular weight is 526 g/mol. The van der Waals surface area contributed by atoms with Crippen LogP contribution in [0.3, 0.4) is 0 Å². The van der Waals surface area contributed by atoms with E-state index in [2.05, 4.69) is 106 Å². The number of nitrogens with zero attached hydrogens (tertiary/aromatic N) is 7. The van der Waals surface area contributed by atoms with Gasteiger partial charge in [0.25, 0.3) is 0 Å². The van der Waals surface area contributed by atoms with Crippen molar-refractivity contribution in [3.05, 3.63) is 35.7 Å². The largest absolute Gasteiger partial charge is 0.368 e. The fourth-order valence-electron chi connectivity index (χ4n) is 5.12. The first kappa shape index (κ1) is 30.2. The molecule has 3 N–H and O–H groups in total. The van der Waals surface area contributed by atoms with Crippen LogP contribution in [-0.2, 0) is 6.42 Å². The van der Waals surface area contributed by atoms with Crippen LogP contribution in [-0.4, -0.2) is 113 Å². The minimum Gasteiger partial charge on any atom is -0.368 e. The molecule has 1 saturated heterocycles. The summed E-state index contributed by atoms with van der Waals surface area (Å²) in [5.41, 5.74) is 8.21. The van der Waals surface area contributed by atoms with Crippen LogP contribution in [0, 0.1) is 0 Å². The van der Waals surface area contributed by atoms with Gasteiger partial charge in [0.2, 0.25) is 11.9 Å². The van der Waals surface area contributed by atoms with Gasteiger partial charge in [-0.25, -0.2) is 0 Å². The molecular weight excluding hydrogens is 474 g/mol. The summed E-state index contributed by atoms with van der Waals surface area (Å²) in [5.74, 6) is 1.62. The molecule has 0 amide bonds. The molecule has 0 radical (unpaired) electrons. The quantitative estimate of drug-likeness (QED) is 0.510. The summed E-state index contributed by atoms with van der Waals surface area (Å²) in [6.45, 7) is 25.6. The Morgan fingerprint density at radius 3 is 1.92 bits per heavy atom. The predicted molar refractivity (Wildman–Crippen MR) is 159 cm³/mol. The zero-order chi connectivity index (χ0) is 27.5. The molecule has 0 spiro atoms. The summed E-state index contributed by atoms with van der Waals surface area (Å²) in [6, 6.07) is 9.17. The van der Waals surface area contributed by atoms with Gasteiger partial charge in [-0.15, -0.1) is 0 Å². The van der Waals surface area contributed by atoms with E-state index in [0.717, 1.165) is 84.1 Å². The van der Waals surface area contributed by atoms with E-state index in [4.69, 9.17) is 5.73 Å². The molecule has 9 heteroatoms. The molecule has 0 aliphatic carbocycles. The highest BCUT2D eigenvalue weighted by atomic mass is 15.3. The van der Waals surface area contributed by atoms with Crippen molar-refractivity contribution in [3.63, 3.8) is 0 Å². The smallest absolute Gasteiger partial charge is 0.232 e. The van der Waals surface area contributed by atoms with Crippen LogP contribution in [0.2, 0.25) is 0 Å². The van der Waals surface area contributed by atoms with Crippen molar-refractivity contribution in [2.75, 3.05) is 83.0 Å². The molecular formula is C29H51N9. The molecule has 1 aromatic carbocycles. The Bertz CT molecular complexity index is 950. The number of nitrogens with one attached hydrogen (secondary N) is 1. The second-order valence-corrected chi connectivity index (χ2v) is 10.6. The first-order valence-corrected chi connectivity index (χ1v) is 14.6. The SMILES string of the molecule is CCN1CCN(CC)CCN(CC)C(Cc2ccc(Nc3nc(N)nc(C(C)C)n3)cc2)CN(CC)CC1. The van der Waals surface area contributed by atoms with Crippen LogP contribution in [0.5, 0.6) is 0 Å². The van der Waals surface area contributed by atoms with Crippen molar-refractivity contribution in [3.8, 4) is 0 Å². The molecule has 38 heavy (non-hydrogen) atoms. The van der Waals surface area contributed by atoms with Gasteiger partial charge in [-0.2, -0.15) is 15.0 Å². The number of aromatic nitrogens is 3. The molecule has 2 aromatic rings. The monoisotopic (exact) mass is 525 g/mol. The van der Waals surface area contributed by atoms with Crippen molar-refractivity contribution in [2.45, 2.75) is 59.9 Å². The normalized spacial score (nSPS) is 19.8. The summed E-state index contributed by atoms with van der Waals surface area (Å²) < 4.78 is 0. The Balaban J connectivity index is 1.74. The number of hydrogen-bond acceptors (Lipinski definition) is 9. The van der Waals surface area contributed by atoms with Crippen molar-refractivity contribution < 1.29 is 0 Å². The number of nitrogens with two attached hydrogens (primary N) is 1. The lowest BCUT2D eigenvalue weighted by molar-refractivity contribution is 0.105. The molecule has 2 heterocycles. The maximum Gasteiger partial charge on any atom is 0.232 e. The lowest BCUT2D eigenvalue weighted by atomic mass is 10.0. The third-order valence-corrected chi connectivity index (χ3v) is 7.77. The molecule has 1 aliphatic rings. The number of rotatable bonds is 9. The maximum absolute atomic E-state index is 5.91. The second-order valence-electron chi connectivity index (χ2n) is 10.6. The van der Waals surface area contributed by atoms with Crippen molar-refractivity contribution in [2.24, 2.45) is 0 Å². The van der Waals surface area contributed by atoms with Gasteiger partial charge in [-0.05, 0) is 50.3 Å². The summed E-state index contributed by atoms with van der Waals surface area (Å²) in [5, 5.41) is 3.30. The van der Waals surface area contributed by atoms with E-state index in [9.17, 15) is 0 Å². The summed E-state index contributed by atoms with van der Waals surface area (Å²) in [6.07, 6.45) is 1.03. The van der Waals surface area contributed by atoms with Crippen LogP contribution in [0.4, 0.5) is 17.6 Å². The van der Waals surface area contributed by atoms with E-state index < -0.39 is 0 Å². The van der Waals surface area contributed by atoms with E-state index in [1.54, 1.807) is 0 Å². The molecule has 212 valence electrons. The van der Waals surface area contributed by atoms with E-state index >= 15 is 0 Å². The lowest BCUT2D eigenvalue weighted by Gasteiger charge is -2.38. The minimum absolute atomic E-state index is 0.188. The number of benzene rings is 1. The van der Waals surface area contributed by atoms with Gasteiger partial charge in [0.1, 0.15) is 5.82 Å². The Kier molecular flexibility index (Phi) is 12.2. The van der Waals surface area contributed by atoms with Crippen LogP contribution in [0.25, 0.3) is 0 Å². The highest BCUT2D eigenvalue weighted by Gasteiger charge is 2.22. The third-order valence-electron chi connectivity index (χ3n) is 7.77. The molecule has 1 atom stereocenters. The number of hydrogen-bond donors (Lipinski definition) is 2. The first-order chi connectivity index (χ1) is 18.3. The van der Waals surface area contributed by atoms with Crippen molar-refractivity contribution in [1.82, 2.24) is 34.6 Å². The third kappa shape index (κ3) is 9.15. The zero-order valence-corrected chi connectivity index (χ0v) is 24.7. The topological polar surface area (TPSA) is 89.7 Å². The molecule has 0 bridgehead atoms. The molecule has 3 rings (SSSR count). The van der Waals surface area contributed by atoms with Crippen LogP contribution < -0.4 is 11.1 Å². The molecule has 1 aromatic heterocycles. The predicted octanol–water partition coefficient (Wildman–Crippen LogP) is 3.53. The molecule has 9 nitrogen and oxygen atoms in total. The Morgan fingerprint density at radius 1 is 0.789 bits per heavy atom. The van der Waals surface area contributed by atoms with Crippen molar-refractivity contribution >= 4 is 17.6 Å². The lowest BCUT2D eigenvalue weighted by Crippen LogP contribution is -2.50. The van der Waals surface area contributed by atoms with Crippen LogP contribution in [0.1, 0.15) is 58.8 Å². The van der Waals surface area contributed by atoms with Gasteiger partial charge in [0.05, 0.1) is 0 Å². The molecule has 1 fully saturated rings. The first-order valence-electron chi connectivity index (χ1n) is 14.6. The van der Waals surface area contributed by atoms with Gasteiger partial charge < -0.3 is 25.8 Å². The van der Waals surface area contributed by atoms with Crippen LogP contribution >= 0.6 is 0 Å². The fraction of sp³-hybridized carbons (Fsp3) is 0.690.